The van der Waals surface area contributed by atoms with Gasteiger partial charge in [0.05, 0.1) is 6.10 Å². The molecular weight excluding hydrogens is 502 g/mol. The van der Waals surface area contributed by atoms with Crippen LogP contribution in [-0.4, -0.2) is 58.5 Å². The first-order valence-electron chi connectivity index (χ1n) is 13.2. The third-order valence-corrected chi connectivity index (χ3v) is 6.20. The van der Waals surface area contributed by atoms with Crippen LogP contribution in [0.4, 0.5) is 0 Å². The van der Waals surface area contributed by atoms with Crippen molar-refractivity contribution < 1.29 is 28.7 Å². The molecule has 0 fully saturated rings. The van der Waals surface area contributed by atoms with Gasteiger partial charge in [0, 0.05) is 12.6 Å². The predicted octanol–water partition coefficient (Wildman–Crippen LogP) is 1.86. The van der Waals surface area contributed by atoms with Crippen molar-refractivity contribution in [3.63, 3.8) is 0 Å². The average Bonchev–Trinajstić information content (AvgIpc) is 3.39. The second kappa shape index (κ2) is 14.2. The standard InChI is InChI=1S/C28H37N5O6/c1-17(2)15-21-28-32-22(16-39-28)25(36)29-14-8-7-11-20(26(37)33-24(18(3)34)27(38)31-21)30-23(35)13-12-19-9-5-4-6-10-19/h4-6,9-10,12-13,16-18,20-21,24,34H,7-8,11,14-15H2,1-3H3,(H,29,36)(H,30,35)(H,31,38)(H,33,37)/t18-,20+,21+,24+/m1/s1. The first-order valence-corrected chi connectivity index (χ1v) is 13.2. The van der Waals surface area contributed by atoms with E-state index in [0.717, 1.165) is 5.56 Å². The van der Waals surface area contributed by atoms with E-state index in [-0.39, 0.29) is 23.9 Å². The Bertz CT molecular complexity index is 1160. The third-order valence-electron chi connectivity index (χ3n) is 6.20. The number of aliphatic hydroxyl groups is 1. The van der Waals surface area contributed by atoms with Crippen molar-refractivity contribution in [2.75, 3.05) is 6.54 Å². The molecule has 0 radical (unpaired) electrons. The molecule has 4 atom stereocenters. The van der Waals surface area contributed by atoms with Gasteiger partial charge in [-0.05, 0) is 50.2 Å². The number of aliphatic hydroxyl groups excluding tert-OH is 1. The molecule has 3 rings (SSSR count). The lowest BCUT2D eigenvalue weighted by atomic mass is 10.0. The van der Waals surface area contributed by atoms with Crippen LogP contribution in [0.5, 0.6) is 0 Å². The lowest BCUT2D eigenvalue weighted by molar-refractivity contribution is -0.134. The van der Waals surface area contributed by atoms with Crippen LogP contribution in [0.25, 0.3) is 6.08 Å². The monoisotopic (exact) mass is 539 g/mol. The predicted molar refractivity (Wildman–Crippen MR) is 144 cm³/mol. The van der Waals surface area contributed by atoms with Gasteiger partial charge in [-0.15, -0.1) is 0 Å². The minimum absolute atomic E-state index is 0.0934. The summed E-state index contributed by atoms with van der Waals surface area (Å²) in [4.78, 5) is 55.9. The lowest BCUT2D eigenvalue weighted by Crippen LogP contribution is -2.57. The molecule has 39 heavy (non-hydrogen) atoms. The zero-order valence-corrected chi connectivity index (χ0v) is 22.5. The number of oxazole rings is 1. The molecule has 0 unspecified atom stereocenters. The fourth-order valence-corrected chi connectivity index (χ4v) is 4.16. The number of carbonyl (C=O) groups is 4. The molecule has 4 amide bonds. The lowest BCUT2D eigenvalue weighted by Gasteiger charge is -2.26. The molecule has 2 heterocycles. The minimum atomic E-state index is -1.29. The molecule has 1 aliphatic heterocycles. The van der Waals surface area contributed by atoms with E-state index < -0.39 is 47.9 Å². The van der Waals surface area contributed by atoms with E-state index in [4.69, 9.17) is 4.42 Å². The highest BCUT2D eigenvalue weighted by atomic mass is 16.3. The highest BCUT2D eigenvalue weighted by Gasteiger charge is 2.32. The van der Waals surface area contributed by atoms with Gasteiger partial charge in [0.1, 0.15) is 24.4 Å². The summed E-state index contributed by atoms with van der Waals surface area (Å²) >= 11 is 0. The van der Waals surface area contributed by atoms with Crippen molar-refractivity contribution in [2.45, 2.75) is 70.7 Å². The SMILES string of the molecule is CC(C)C[C@@H]1NC(=O)[C@H]([C@@H](C)O)NC(=O)[C@@H](NC(=O)C=Cc2ccccc2)CCCCNC(=O)c2coc1n2. The maximum Gasteiger partial charge on any atom is 0.273 e. The second-order valence-corrected chi connectivity index (χ2v) is 10.0. The quantitative estimate of drug-likeness (QED) is 0.350. The molecule has 1 aromatic heterocycles. The summed E-state index contributed by atoms with van der Waals surface area (Å²) < 4.78 is 5.51. The topological polar surface area (TPSA) is 163 Å². The molecule has 1 aliphatic rings. The molecule has 11 heteroatoms. The number of nitrogens with zero attached hydrogens (tertiary/aromatic N) is 1. The van der Waals surface area contributed by atoms with Gasteiger partial charge in [0.25, 0.3) is 5.91 Å². The first kappa shape index (κ1) is 29.6. The number of carbonyl (C=O) groups excluding carboxylic acids is 4. The Kier molecular flexibility index (Phi) is 10.8. The summed E-state index contributed by atoms with van der Waals surface area (Å²) in [6.45, 7) is 5.63. The van der Waals surface area contributed by atoms with Gasteiger partial charge in [-0.25, -0.2) is 4.98 Å². The highest BCUT2D eigenvalue weighted by molar-refractivity contribution is 5.97. The van der Waals surface area contributed by atoms with Gasteiger partial charge in [-0.3, -0.25) is 19.2 Å². The van der Waals surface area contributed by atoms with Crippen LogP contribution in [0.15, 0.2) is 47.1 Å². The number of hydrogen-bond donors (Lipinski definition) is 5. The van der Waals surface area contributed by atoms with Crippen molar-refractivity contribution >= 4 is 29.7 Å². The molecule has 210 valence electrons. The van der Waals surface area contributed by atoms with Crippen LogP contribution in [-0.2, 0) is 14.4 Å². The Hall–Kier alpha value is -3.99. The maximum atomic E-state index is 13.2. The Labute approximate surface area is 227 Å². The molecule has 0 spiro atoms. The smallest absolute Gasteiger partial charge is 0.273 e. The largest absolute Gasteiger partial charge is 0.446 e. The van der Waals surface area contributed by atoms with Crippen molar-refractivity contribution in [1.82, 2.24) is 26.3 Å². The molecule has 0 saturated carbocycles. The molecule has 5 N–H and O–H groups in total. The summed E-state index contributed by atoms with van der Waals surface area (Å²) in [5.41, 5.74) is 0.918. The van der Waals surface area contributed by atoms with Gasteiger partial charge >= 0.3 is 0 Å². The summed E-state index contributed by atoms with van der Waals surface area (Å²) in [5.74, 6) is -1.85. The number of benzene rings is 1. The van der Waals surface area contributed by atoms with Crippen LogP contribution in [0.3, 0.4) is 0 Å². The first-order chi connectivity index (χ1) is 18.6. The second-order valence-electron chi connectivity index (χ2n) is 10.0. The maximum absolute atomic E-state index is 13.2. The van der Waals surface area contributed by atoms with E-state index in [0.29, 0.717) is 25.8 Å². The number of aromatic nitrogens is 1. The fraction of sp³-hybridized carbons (Fsp3) is 0.464. The molecule has 2 aromatic rings. The average molecular weight is 540 g/mol. The summed E-state index contributed by atoms with van der Waals surface area (Å²) in [6, 6.07) is 6.29. The molecule has 1 aromatic carbocycles. The normalized spacial score (nSPS) is 22.2. The van der Waals surface area contributed by atoms with Gasteiger partial charge in [0.2, 0.25) is 23.6 Å². The summed E-state index contributed by atoms with van der Waals surface area (Å²) in [6.07, 6.45) is 4.71. The zero-order valence-electron chi connectivity index (χ0n) is 22.5. The van der Waals surface area contributed by atoms with E-state index in [1.807, 2.05) is 44.2 Å². The van der Waals surface area contributed by atoms with Gasteiger partial charge < -0.3 is 30.8 Å². The number of rotatable bonds is 6. The van der Waals surface area contributed by atoms with Crippen LogP contribution >= 0.6 is 0 Å². The van der Waals surface area contributed by atoms with E-state index in [2.05, 4.69) is 26.3 Å². The fourth-order valence-electron chi connectivity index (χ4n) is 4.16. The molecular formula is C28H37N5O6. The number of amides is 4. The molecule has 0 saturated heterocycles. The van der Waals surface area contributed by atoms with Crippen molar-refractivity contribution in [2.24, 2.45) is 5.92 Å². The van der Waals surface area contributed by atoms with Gasteiger partial charge in [-0.2, -0.15) is 0 Å². The van der Waals surface area contributed by atoms with Crippen LogP contribution in [0, 0.1) is 5.92 Å². The minimum Gasteiger partial charge on any atom is -0.446 e. The number of fused-ring (bicyclic) bond motifs is 2. The van der Waals surface area contributed by atoms with Crippen molar-refractivity contribution in [3.05, 3.63) is 59.8 Å². The van der Waals surface area contributed by atoms with E-state index >= 15 is 0 Å². The van der Waals surface area contributed by atoms with E-state index in [1.54, 1.807) is 6.08 Å². The molecule has 11 nitrogen and oxygen atoms in total. The Balaban J connectivity index is 1.82. The number of hydrogen-bond acceptors (Lipinski definition) is 7. The Morgan fingerprint density at radius 3 is 2.56 bits per heavy atom. The summed E-state index contributed by atoms with van der Waals surface area (Å²) in [5, 5.41) is 21.2. The summed E-state index contributed by atoms with van der Waals surface area (Å²) in [7, 11) is 0. The Morgan fingerprint density at radius 2 is 1.87 bits per heavy atom. The van der Waals surface area contributed by atoms with Crippen molar-refractivity contribution in [1.29, 1.82) is 0 Å². The molecule has 0 aliphatic carbocycles. The zero-order chi connectivity index (χ0) is 28.4. The molecule has 2 bridgehead atoms. The van der Waals surface area contributed by atoms with E-state index in [1.165, 1.54) is 19.3 Å². The van der Waals surface area contributed by atoms with Crippen molar-refractivity contribution in [3.8, 4) is 0 Å². The number of nitrogens with one attached hydrogen (secondary N) is 4. The van der Waals surface area contributed by atoms with E-state index in [9.17, 15) is 24.3 Å². The van der Waals surface area contributed by atoms with Gasteiger partial charge in [0.15, 0.2) is 5.69 Å². The third kappa shape index (κ3) is 9.06. The van der Waals surface area contributed by atoms with Gasteiger partial charge in [-0.1, -0.05) is 44.2 Å². The Morgan fingerprint density at radius 1 is 1.13 bits per heavy atom. The van der Waals surface area contributed by atoms with Crippen LogP contribution < -0.4 is 21.3 Å². The van der Waals surface area contributed by atoms with Crippen LogP contribution in [0.1, 0.15) is 74.4 Å². The van der Waals surface area contributed by atoms with Crippen LogP contribution in [0.2, 0.25) is 0 Å². The highest BCUT2D eigenvalue weighted by Crippen LogP contribution is 2.21.